The Morgan fingerprint density at radius 3 is 2.71 bits per heavy atom. The van der Waals surface area contributed by atoms with Crippen molar-refractivity contribution in [3.8, 4) is 0 Å². The summed E-state index contributed by atoms with van der Waals surface area (Å²) >= 11 is 0. The SMILES string of the molecule is O=C(NC[C@H]1CCN(CCN2CCOCC2)C1)Nc1ccncc1. The molecule has 0 aromatic carbocycles. The van der Waals surface area contributed by atoms with E-state index in [1.54, 1.807) is 24.5 Å². The summed E-state index contributed by atoms with van der Waals surface area (Å²) in [5.74, 6) is 0.540. The monoisotopic (exact) mass is 333 g/mol. The fraction of sp³-hybridized carbons (Fsp3) is 0.647. The topological polar surface area (TPSA) is 69.7 Å². The minimum absolute atomic E-state index is 0.145. The number of anilines is 1. The molecule has 0 spiro atoms. The van der Waals surface area contributed by atoms with Crippen molar-refractivity contribution in [1.82, 2.24) is 20.1 Å². The third kappa shape index (κ3) is 5.43. The van der Waals surface area contributed by atoms with E-state index in [0.717, 1.165) is 71.1 Å². The lowest BCUT2D eigenvalue weighted by atomic mass is 10.1. The molecule has 132 valence electrons. The summed E-state index contributed by atoms with van der Waals surface area (Å²) in [7, 11) is 0. The van der Waals surface area contributed by atoms with E-state index >= 15 is 0 Å². The molecule has 2 saturated heterocycles. The summed E-state index contributed by atoms with van der Waals surface area (Å²) in [6, 6.07) is 3.42. The average molecular weight is 333 g/mol. The molecule has 2 fully saturated rings. The van der Waals surface area contributed by atoms with E-state index in [9.17, 15) is 4.79 Å². The summed E-state index contributed by atoms with van der Waals surface area (Å²) in [6.45, 7) is 8.97. The second kappa shape index (κ2) is 8.96. The number of morpholine rings is 1. The van der Waals surface area contributed by atoms with Gasteiger partial charge in [-0.1, -0.05) is 0 Å². The lowest BCUT2D eigenvalue weighted by molar-refractivity contribution is 0.0343. The highest BCUT2D eigenvalue weighted by molar-refractivity contribution is 5.89. The minimum atomic E-state index is -0.145. The highest BCUT2D eigenvalue weighted by atomic mass is 16.5. The van der Waals surface area contributed by atoms with Crippen LogP contribution in [0.15, 0.2) is 24.5 Å². The van der Waals surface area contributed by atoms with Crippen molar-refractivity contribution in [2.24, 2.45) is 5.92 Å². The molecule has 24 heavy (non-hydrogen) atoms. The minimum Gasteiger partial charge on any atom is -0.379 e. The Labute approximate surface area is 143 Å². The van der Waals surface area contributed by atoms with Gasteiger partial charge < -0.3 is 20.3 Å². The standard InChI is InChI=1S/C17H27N5O2/c23-17(20-16-1-4-18-5-2-16)19-13-15-3-6-22(14-15)8-7-21-9-11-24-12-10-21/h1-2,4-5,15H,3,6-14H2,(H2,18,19,20,23)/t15-/m1/s1. The first-order valence-corrected chi connectivity index (χ1v) is 8.77. The van der Waals surface area contributed by atoms with Crippen molar-refractivity contribution >= 4 is 11.7 Å². The molecule has 2 N–H and O–H groups in total. The fourth-order valence-corrected chi connectivity index (χ4v) is 3.24. The van der Waals surface area contributed by atoms with Crippen molar-refractivity contribution in [3.05, 3.63) is 24.5 Å². The van der Waals surface area contributed by atoms with Crippen LogP contribution >= 0.6 is 0 Å². The third-order valence-corrected chi connectivity index (χ3v) is 4.70. The second-order valence-corrected chi connectivity index (χ2v) is 6.48. The lowest BCUT2D eigenvalue weighted by Gasteiger charge is -2.28. The Hall–Kier alpha value is -1.70. The van der Waals surface area contributed by atoms with Gasteiger partial charge in [0.2, 0.25) is 0 Å². The number of amides is 2. The summed E-state index contributed by atoms with van der Waals surface area (Å²) in [5.41, 5.74) is 0.765. The molecular weight excluding hydrogens is 306 g/mol. The van der Waals surface area contributed by atoms with Crippen molar-refractivity contribution in [3.63, 3.8) is 0 Å². The first-order chi connectivity index (χ1) is 11.8. The number of nitrogens with one attached hydrogen (secondary N) is 2. The van der Waals surface area contributed by atoms with Crippen LogP contribution in [-0.4, -0.2) is 79.8 Å². The van der Waals surface area contributed by atoms with Crippen LogP contribution in [0.4, 0.5) is 10.5 Å². The lowest BCUT2D eigenvalue weighted by Crippen LogP contribution is -2.41. The van der Waals surface area contributed by atoms with Gasteiger partial charge in [0.15, 0.2) is 0 Å². The van der Waals surface area contributed by atoms with Crippen molar-refractivity contribution in [1.29, 1.82) is 0 Å². The Morgan fingerprint density at radius 1 is 1.17 bits per heavy atom. The number of aromatic nitrogens is 1. The molecule has 1 atom stereocenters. The number of hydrogen-bond donors (Lipinski definition) is 2. The number of rotatable bonds is 6. The second-order valence-electron chi connectivity index (χ2n) is 6.48. The normalized spacial score (nSPS) is 22.4. The molecule has 0 bridgehead atoms. The maximum absolute atomic E-state index is 11.9. The van der Waals surface area contributed by atoms with E-state index in [0.29, 0.717) is 5.92 Å². The van der Waals surface area contributed by atoms with Crippen molar-refractivity contribution in [2.75, 3.05) is 64.3 Å². The molecule has 0 radical (unpaired) electrons. The van der Waals surface area contributed by atoms with Crippen LogP contribution in [0, 0.1) is 5.92 Å². The molecule has 2 aliphatic heterocycles. The van der Waals surface area contributed by atoms with Crippen LogP contribution in [0.5, 0.6) is 0 Å². The van der Waals surface area contributed by atoms with Crippen LogP contribution in [0.2, 0.25) is 0 Å². The number of hydrogen-bond acceptors (Lipinski definition) is 5. The fourth-order valence-electron chi connectivity index (χ4n) is 3.24. The molecule has 7 nitrogen and oxygen atoms in total. The Morgan fingerprint density at radius 2 is 1.92 bits per heavy atom. The molecule has 0 saturated carbocycles. The summed E-state index contributed by atoms with van der Waals surface area (Å²) in [6.07, 6.45) is 4.48. The zero-order valence-corrected chi connectivity index (χ0v) is 14.1. The maximum atomic E-state index is 11.9. The maximum Gasteiger partial charge on any atom is 0.319 e. The number of carbonyl (C=O) groups is 1. The van der Waals surface area contributed by atoms with Crippen molar-refractivity contribution < 1.29 is 9.53 Å². The smallest absolute Gasteiger partial charge is 0.319 e. The van der Waals surface area contributed by atoms with Gasteiger partial charge in [-0.15, -0.1) is 0 Å². The molecular formula is C17H27N5O2. The highest BCUT2D eigenvalue weighted by Crippen LogP contribution is 2.15. The van der Waals surface area contributed by atoms with Crippen LogP contribution in [-0.2, 0) is 4.74 Å². The van der Waals surface area contributed by atoms with Gasteiger partial charge in [-0.05, 0) is 31.0 Å². The number of likely N-dealkylation sites (tertiary alicyclic amines) is 1. The van der Waals surface area contributed by atoms with E-state index in [1.807, 2.05) is 0 Å². The number of pyridine rings is 1. The van der Waals surface area contributed by atoms with Crippen LogP contribution in [0.25, 0.3) is 0 Å². The highest BCUT2D eigenvalue weighted by Gasteiger charge is 2.23. The summed E-state index contributed by atoms with van der Waals surface area (Å²) in [4.78, 5) is 20.8. The Bertz CT molecular complexity index is 507. The van der Waals surface area contributed by atoms with Gasteiger partial charge in [-0.3, -0.25) is 9.88 Å². The Kier molecular flexibility index (Phi) is 6.40. The van der Waals surface area contributed by atoms with Crippen LogP contribution < -0.4 is 10.6 Å². The first-order valence-electron chi connectivity index (χ1n) is 8.77. The Balaban J connectivity index is 1.30. The van der Waals surface area contributed by atoms with Gasteiger partial charge in [-0.25, -0.2) is 4.79 Å². The van der Waals surface area contributed by atoms with Gasteiger partial charge in [0.25, 0.3) is 0 Å². The number of carbonyl (C=O) groups excluding carboxylic acids is 1. The average Bonchev–Trinajstić information content (AvgIpc) is 3.08. The molecule has 1 aromatic rings. The zero-order valence-electron chi connectivity index (χ0n) is 14.1. The van der Waals surface area contributed by atoms with E-state index in [-0.39, 0.29) is 6.03 Å². The molecule has 7 heteroatoms. The number of urea groups is 1. The van der Waals surface area contributed by atoms with Crippen molar-refractivity contribution in [2.45, 2.75) is 6.42 Å². The van der Waals surface area contributed by atoms with Crippen LogP contribution in [0.1, 0.15) is 6.42 Å². The predicted octanol–water partition coefficient (Wildman–Crippen LogP) is 0.857. The van der Waals surface area contributed by atoms with Gasteiger partial charge >= 0.3 is 6.03 Å². The molecule has 2 amide bonds. The van der Waals surface area contributed by atoms with Crippen LogP contribution in [0.3, 0.4) is 0 Å². The number of ether oxygens (including phenoxy) is 1. The van der Waals surface area contributed by atoms with E-state index in [4.69, 9.17) is 4.74 Å². The van der Waals surface area contributed by atoms with Gasteiger partial charge in [0.05, 0.1) is 13.2 Å². The molecule has 3 heterocycles. The molecule has 2 aliphatic rings. The molecule has 0 unspecified atom stereocenters. The molecule has 1 aromatic heterocycles. The number of nitrogens with zero attached hydrogens (tertiary/aromatic N) is 3. The summed E-state index contributed by atoms with van der Waals surface area (Å²) < 4.78 is 5.38. The zero-order chi connectivity index (χ0) is 16.6. The third-order valence-electron chi connectivity index (χ3n) is 4.70. The first kappa shape index (κ1) is 17.1. The van der Waals surface area contributed by atoms with Gasteiger partial charge in [0.1, 0.15) is 0 Å². The predicted molar refractivity (Wildman–Crippen MR) is 93.1 cm³/mol. The van der Waals surface area contributed by atoms with E-state index < -0.39 is 0 Å². The largest absolute Gasteiger partial charge is 0.379 e. The molecule has 3 rings (SSSR count). The van der Waals surface area contributed by atoms with Gasteiger partial charge in [0, 0.05) is 57.3 Å². The molecule has 0 aliphatic carbocycles. The quantitative estimate of drug-likeness (QED) is 0.808. The van der Waals surface area contributed by atoms with Gasteiger partial charge in [-0.2, -0.15) is 0 Å². The van der Waals surface area contributed by atoms with E-state index in [2.05, 4.69) is 25.4 Å². The summed E-state index contributed by atoms with van der Waals surface area (Å²) in [5, 5.41) is 5.80. The van der Waals surface area contributed by atoms with E-state index in [1.165, 1.54) is 0 Å².